The molecule has 7 heteroatoms. The van der Waals surface area contributed by atoms with E-state index in [4.69, 9.17) is 35.4 Å². The molecule has 0 saturated carbocycles. The van der Waals surface area contributed by atoms with Crippen LogP contribution >= 0.6 is 35.4 Å². The average Bonchev–Trinajstić information content (AvgIpc) is 2.84. The second-order valence-corrected chi connectivity index (χ2v) is 7.98. The van der Waals surface area contributed by atoms with E-state index in [0.717, 1.165) is 5.56 Å². The molecule has 1 heterocycles. The van der Waals surface area contributed by atoms with E-state index in [1.807, 2.05) is 32.9 Å². The number of rotatable bonds is 5. The minimum absolute atomic E-state index is 0.333. The lowest BCUT2D eigenvalue weighted by Gasteiger charge is -2.40. The molecule has 1 aromatic carbocycles. The Bertz CT molecular complexity index is 735. The van der Waals surface area contributed by atoms with Gasteiger partial charge in [0.2, 0.25) is 0 Å². The van der Waals surface area contributed by atoms with Gasteiger partial charge in [0.25, 0.3) is 0 Å². The van der Waals surface area contributed by atoms with Gasteiger partial charge in [-0.05, 0) is 48.2 Å². The van der Waals surface area contributed by atoms with Crippen molar-refractivity contribution in [2.24, 2.45) is 5.41 Å². The van der Waals surface area contributed by atoms with Crippen LogP contribution < -0.4 is 0 Å². The van der Waals surface area contributed by atoms with Crippen molar-refractivity contribution < 1.29 is 5.11 Å². The molecular weight excluding hydrogens is 353 g/mol. The summed E-state index contributed by atoms with van der Waals surface area (Å²) in [7, 11) is 0. The molecular formula is C16H21Cl2N3OS. The molecule has 126 valence electrons. The minimum Gasteiger partial charge on any atom is -0.387 e. The predicted molar refractivity (Wildman–Crippen MR) is 96.6 cm³/mol. The van der Waals surface area contributed by atoms with E-state index in [0.29, 0.717) is 34.2 Å². The summed E-state index contributed by atoms with van der Waals surface area (Å²) in [5.41, 5.74) is -0.267. The lowest BCUT2D eigenvalue weighted by Crippen LogP contribution is -2.47. The first kappa shape index (κ1) is 18.5. The fraction of sp³-hybridized carbons (Fsp3) is 0.500. The van der Waals surface area contributed by atoms with Crippen LogP contribution in [0.2, 0.25) is 10.0 Å². The largest absolute Gasteiger partial charge is 0.387 e. The normalized spacial score (nSPS) is 14.7. The summed E-state index contributed by atoms with van der Waals surface area (Å²) < 4.78 is 2.12. The van der Waals surface area contributed by atoms with Gasteiger partial charge in [-0.2, -0.15) is 5.10 Å². The second kappa shape index (κ2) is 6.93. The quantitative estimate of drug-likeness (QED) is 0.749. The third-order valence-electron chi connectivity index (χ3n) is 4.24. The van der Waals surface area contributed by atoms with Crippen LogP contribution in [-0.4, -0.2) is 25.5 Å². The Morgan fingerprint density at radius 1 is 1.26 bits per heavy atom. The monoisotopic (exact) mass is 373 g/mol. The zero-order valence-electron chi connectivity index (χ0n) is 13.4. The van der Waals surface area contributed by atoms with Crippen molar-refractivity contribution in [1.82, 2.24) is 14.8 Å². The smallest absolute Gasteiger partial charge is 0.195 e. The Hall–Kier alpha value is -0.880. The Labute approximate surface area is 151 Å². The molecule has 0 amide bonds. The van der Waals surface area contributed by atoms with Crippen molar-refractivity contribution in [3.63, 3.8) is 0 Å². The number of benzene rings is 1. The fourth-order valence-electron chi connectivity index (χ4n) is 2.38. The molecule has 23 heavy (non-hydrogen) atoms. The molecule has 0 radical (unpaired) electrons. The lowest BCUT2D eigenvalue weighted by atomic mass is 9.73. The van der Waals surface area contributed by atoms with Gasteiger partial charge in [-0.3, -0.25) is 0 Å². The van der Waals surface area contributed by atoms with Crippen LogP contribution in [0.5, 0.6) is 0 Å². The molecule has 2 aromatic rings. The first-order valence-corrected chi connectivity index (χ1v) is 8.56. The maximum atomic E-state index is 11.2. The number of aliphatic hydroxyl groups is 1. The number of hydrogen-bond acceptors (Lipinski definition) is 3. The van der Waals surface area contributed by atoms with Gasteiger partial charge in [0, 0.05) is 0 Å². The highest BCUT2D eigenvalue weighted by Gasteiger charge is 2.40. The number of nitrogens with one attached hydrogen (secondary N) is 1. The summed E-state index contributed by atoms with van der Waals surface area (Å²) >= 11 is 17.2. The minimum atomic E-state index is -0.966. The number of aromatic amines is 1. The van der Waals surface area contributed by atoms with Gasteiger partial charge in [-0.25, -0.2) is 4.68 Å². The van der Waals surface area contributed by atoms with Gasteiger partial charge in [0.05, 0.1) is 22.2 Å². The first-order chi connectivity index (χ1) is 10.6. The van der Waals surface area contributed by atoms with Gasteiger partial charge >= 0.3 is 0 Å². The highest BCUT2D eigenvalue weighted by atomic mass is 35.5. The van der Waals surface area contributed by atoms with Crippen molar-refractivity contribution in [1.29, 1.82) is 0 Å². The number of hydrogen-bond donors (Lipinski definition) is 2. The van der Waals surface area contributed by atoms with Gasteiger partial charge in [-0.15, -0.1) is 0 Å². The Morgan fingerprint density at radius 2 is 1.96 bits per heavy atom. The highest BCUT2D eigenvalue weighted by Crippen LogP contribution is 2.36. The van der Waals surface area contributed by atoms with Crippen LogP contribution in [0.15, 0.2) is 24.5 Å². The highest BCUT2D eigenvalue weighted by molar-refractivity contribution is 7.71. The molecule has 4 nitrogen and oxygen atoms in total. The first-order valence-electron chi connectivity index (χ1n) is 7.39. The van der Waals surface area contributed by atoms with Gasteiger partial charge in [0.1, 0.15) is 6.33 Å². The maximum Gasteiger partial charge on any atom is 0.195 e. The van der Waals surface area contributed by atoms with E-state index in [1.54, 1.807) is 10.7 Å². The summed E-state index contributed by atoms with van der Waals surface area (Å²) in [5, 5.41) is 16.5. The fourth-order valence-corrected chi connectivity index (χ4v) is 2.86. The topological polar surface area (TPSA) is 53.8 Å². The summed E-state index contributed by atoms with van der Waals surface area (Å²) in [4.78, 5) is 2.85. The zero-order valence-corrected chi connectivity index (χ0v) is 15.8. The molecule has 0 aliphatic heterocycles. The molecule has 0 fully saturated rings. The van der Waals surface area contributed by atoms with E-state index in [-0.39, 0.29) is 5.41 Å². The summed E-state index contributed by atoms with van der Waals surface area (Å²) in [6.07, 6.45) is 2.77. The molecule has 0 saturated heterocycles. The van der Waals surface area contributed by atoms with Gasteiger partial charge < -0.3 is 10.1 Å². The van der Waals surface area contributed by atoms with E-state index in [9.17, 15) is 5.11 Å². The molecule has 0 aliphatic rings. The summed E-state index contributed by atoms with van der Waals surface area (Å²) in [6.45, 7) is 6.37. The Kier molecular flexibility index (Phi) is 5.56. The molecule has 0 aliphatic carbocycles. The van der Waals surface area contributed by atoms with Crippen molar-refractivity contribution in [3.05, 3.63) is 44.9 Å². The predicted octanol–water partition coefficient (Wildman–Crippen LogP) is 4.66. The summed E-state index contributed by atoms with van der Waals surface area (Å²) in [5.74, 6) is 0. The van der Waals surface area contributed by atoms with E-state index in [1.165, 1.54) is 6.33 Å². The van der Waals surface area contributed by atoms with Crippen LogP contribution in [-0.2, 0) is 13.0 Å². The van der Waals surface area contributed by atoms with E-state index in [2.05, 4.69) is 10.1 Å². The summed E-state index contributed by atoms with van der Waals surface area (Å²) in [6, 6.07) is 5.55. The molecule has 1 unspecified atom stereocenters. The van der Waals surface area contributed by atoms with Crippen LogP contribution in [0.3, 0.4) is 0 Å². The van der Waals surface area contributed by atoms with Crippen molar-refractivity contribution in [2.75, 3.05) is 0 Å². The van der Waals surface area contributed by atoms with Crippen molar-refractivity contribution in [2.45, 2.75) is 45.8 Å². The number of aromatic nitrogens is 3. The molecule has 1 aromatic heterocycles. The van der Waals surface area contributed by atoms with Gasteiger partial charge in [0.15, 0.2) is 4.77 Å². The molecule has 1 atom stereocenters. The molecule has 2 rings (SSSR count). The lowest BCUT2D eigenvalue weighted by molar-refractivity contribution is -0.0798. The van der Waals surface area contributed by atoms with Crippen LogP contribution in [0.4, 0.5) is 0 Å². The van der Waals surface area contributed by atoms with Crippen LogP contribution in [0, 0.1) is 10.2 Å². The Morgan fingerprint density at radius 3 is 2.48 bits per heavy atom. The van der Waals surface area contributed by atoms with Crippen LogP contribution in [0.1, 0.15) is 32.8 Å². The van der Waals surface area contributed by atoms with Crippen molar-refractivity contribution in [3.8, 4) is 0 Å². The van der Waals surface area contributed by atoms with Crippen LogP contribution in [0.25, 0.3) is 0 Å². The van der Waals surface area contributed by atoms with E-state index < -0.39 is 5.60 Å². The number of aryl methyl sites for hydroxylation is 1. The third kappa shape index (κ3) is 4.35. The standard InChI is InChI=1S/C16H21Cl2N3OS/c1-15(2,3)16(22,9-21-14(23)19-10-20-21)7-6-11-4-5-12(17)13(18)8-11/h4-5,8,10,22H,6-7,9H2,1-3H3,(H,19,20,23). The second-order valence-electron chi connectivity index (χ2n) is 6.78. The van der Waals surface area contributed by atoms with Crippen molar-refractivity contribution >= 4 is 35.4 Å². The molecule has 0 spiro atoms. The number of halogens is 2. The molecule has 0 bridgehead atoms. The Balaban J connectivity index is 2.20. The molecule has 2 N–H and O–H groups in total. The maximum absolute atomic E-state index is 11.2. The SMILES string of the molecule is CC(C)(C)C(O)(CCc1ccc(Cl)c(Cl)c1)Cn1nc[nH]c1=S. The number of nitrogens with zero attached hydrogens (tertiary/aromatic N) is 2. The number of H-pyrrole nitrogens is 1. The van der Waals surface area contributed by atoms with E-state index >= 15 is 0 Å². The zero-order chi connectivity index (χ0) is 17.3. The van der Waals surface area contributed by atoms with Gasteiger partial charge in [-0.1, -0.05) is 50.0 Å². The average molecular weight is 374 g/mol. The third-order valence-corrected chi connectivity index (χ3v) is 5.31.